The predicted molar refractivity (Wildman–Crippen MR) is 107 cm³/mol. The number of hydrogen-bond acceptors (Lipinski definition) is 6. The first kappa shape index (κ1) is 20.4. The number of nitrogens with one attached hydrogen (secondary N) is 2. The molecule has 0 amide bonds. The Hall–Kier alpha value is -3.86. The molecule has 0 aliphatic carbocycles. The summed E-state index contributed by atoms with van der Waals surface area (Å²) in [7, 11) is -3.06. The van der Waals surface area contributed by atoms with Crippen LogP contribution in [-0.2, 0) is 10.0 Å². The van der Waals surface area contributed by atoms with E-state index in [-0.39, 0.29) is 17.1 Å². The molecule has 2 N–H and O–H groups in total. The first-order valence-corrected chi connectivity index (χ1v) is 10.3. The van der Waals surface area contributed by atoms with Crippen molar-refractivity contribution < 1.29 is 26.7 Å². The van der Waals surface area contributed by atoms with Gasteiger partial charge in [0, 0.05) is 6.20 Å². The molecule has 2 aromatic carbocycles. The topological polar surface area (TPSA) is 114 Å². The molecule has 0 radical (unpaired) electrons. The zero-order valence-corrected chi connectivity index (χ0v) is 16.7. The highest BCUT2D eigenvalue weighted by atomic mass is 32.2. The van der Waals surface area contributed by atoms with Gasteiger partial charge in [0.05, 0.1) is 35.6 Å². The van der Waals surface area contributed by atoms with Gasteiger partial charge < -0.3 is 9.72 Å². The number of ether oxygens (including phenoxy) is 1. The standard InChI is InChI=1S/C20H14F2N4O4S/c1-30-20-24-10-15-18(25-20)12(9-23-15)19(27)11-5-4-7-14(17(11)22)26-31(28,29)16-8-3-2-6-13(16)21/h2-10,23,26H,1H3. The minimum absolute atomic E-state index is 0.0213. The van der Waals surface area contributed by atoms with Gasteiger partial charge >= 0.3 is 6.01 Å². The number of fused-ring (bicyclic) bond motifs is 1. The van der Waals surface area contributed by atoms with Crippen molar-refractivity contribution in [1.82, 2.24) is 15.0 Å². The van der Waals surface area contributed by atoms with Crippen molar-refractivity contribution in [1.29, 1.82) is 0 Å². The smallest absolute Gasteiger partial charge is 0.316 e. The van der Waals surface area contributed by atoms with E-state index < -0.39 is 43.6 Å². The number of aromatic amines is 1. The molecular weight excluding hydrogens is 430 g/mol. The maximum atomic E-state index is 15.1. The van der Waals surface area contributed by atoms with Crippen LogP contribution in [0.2, 0.25) is 0 Å². The van der Waals surface area contributed by atoms with Crippen LogP contribution in [-0.4, -0.2) is 36.3 Å². The van der Waals surface area contributed by atoms with Crippen LogP contribution in [0.25, 0.3) is 11.0 Å². The van der Waals surface area contributed by atoms with Gasteiger partial charge in [-0.1, -0.05) is 18.2 Å². The molecule has 0 saturated heterocycles. The summed E-state index contributed by atoms with van der Waals surface area (Å²) in [6.07, 6.45) is 2.75. The lowest BCUT2D eigenvalue weighted by atomic mass is 10.0. The molecule has 0 aliphatic rings. The van der Waals surface area contributed by atoms with Gasteiger partial charge in [0.25, 0.3) is 10.0 Å². The number of methoxy groups -OCH3 is 1. The Kier molecular flexibility index (Phi) is 5.11. The Morgan fingerprint density at radius 1 is 1.10 bits per heavy atom. The Balaban J connectivity index is 1.73. The average molecular weight is 444 g/mol. The molecule has 8 nitrogen and oxygen atoms in total. The van der Waals surface area contributed by atoms with Gasteiger partial charge in [-0.15, -0.1) is 0 Å². The van der Waals surface area contributed by atoms with Crippen molar-refractivity contribution in [2.24, 2.45) is 0 Å². The number of sulfonamides is 1. The average Bonchev–Trinajstić information content (AvgIpc) is 3.18. The number of carbonyl (C=O) groups excluding carboxylic acids is 1. The number of carbonyl (C=O) groups is 1. The first-order valence-electron chi connectivity index (χ1n) is 8.80. The van der Waals surface area contributed by atoms with Crippen molar-refractivity contribution in [3.8, 4) is 6.01 Å². The largest absolute Gasteiger partial charge is 0.467 e. The van der Waals surface area contributed by atoms with Crippen LogP contribution in [0.3, 0.4) is 0 Å². The van der Waals surface area contributed by atoms with E-state index in [1.807, 2.05) is 4.72 Å². The molecule has 0 saturated carbocycles. The second kappa shape index (κ2) is 7.76. The molecule has 0 aliphatic heterocycles. The molecule has 2 aromatic heterocycles. The van der Waals surface area contributed by atoms with Crippen LogP contribution in [0.1, 0.15) is 15.9 Å². The number of H-pyrrole nitrogens is 1. The van der Waals surface area contributed by atoms with E-state index in [1.165, 1.54) is 43.8 Å². The molecule has 0 atom stereocenters. The number of hydrogen-bond donors (Lipinski definition) is 2. The molecule has 11 heteroatoms. The molecule has 4 rings (SSSR count). The summed E-state index contributed by atoms with van der Waals surface area (Å²) in [5, 5.41) is 0. The van der Waals surface area contributed by atoms with Crippen molar-refractivity contribution in [2.75, 3.05) is 11.8 Å². The fourth-order valence-corrected chi connectivity index (χ4v) is 4.10. The monoisotopic (exact) mass is 444 g/mol. The second-order valence-corrected chi connectivity index (χ2v) is 8.00. The highest BCUT2D eigenvalue weighted by Crippen LogP contribution is 2.27. The molecular formula is C20H14F2N4O4S. The minimum Gasteiger partial charge on any atom is -0.467 e. The maximum absolute atomic E-state index is 15.1. The molecule has 0 bridgehead atoms. The number of anilines is 1. The van der Waals surface area contributed by atoms with E-state index in [1.54, 1.807) is 0 Å². The Bertz CT molecular complexity index is 1420. The molecule has 0 unspecified atom stereocenters. The minimum atomic E-state index is -4.43. The van der Waals surface area contributed by atoms with Gasteiger partial charge in [0.2, 0.25) is 0 Å². The van der Waals surface area contributed by atoms with E-state index in [0.29, 0.717) is 5.52 Å². The van der Waals surface area contributed by atoms with Gasteiger partial charge in [0.1, 0.15) is 16.2 Å². The molecule has 4 aromatic rings. The van der Waals surface area contributed by atoms with E-state index >= 15 is 4.39 Å². The summed E-state index contributed by atoms with van der Waals surface area (Å²) in [6.45, 7) is 0. The van der Waals surface area contributed by atoms with E-state index in [9.17, 15) is 17.6 Å². The quantitative estimate of drug-likeness (QED) is 0.441. The van der Waals surface area contributed by atoms with E-state index in [0.717, 1.165) is 18.2 Å². The van der Waals surface area contributed by atoms with Crippen LogP contribution in [0.4, 0.5) is 14.5 Å². The molecule has 0 spiro atoms. The lowest BCUT2D eigenvalue weighted by Gasteiger charge is -2.11. The third-order valence-corrected chi connectivity index (χ3v) is 5.83. The van der Waals surface area contributed by atoms with Crippen LogP contribution in [0.15, 0.2) is 59.8 Å². The van der Waals surface area contributed by atoms with Crippen molar-refractivity contribution in [3.63, 3.8) is 0 Å². The van der Waals surface area contributed by atoms with Gasteiger partial charge in [-0.3, -0.25) is 9.52 Å². The van der Waals surface area contributed by atoms with Crippen LogP contribution in [0, 0.1) is 11.6 Å². The van der Waals surface area contributed by atoms with Crippen LogP contribution < -0.4 is 9.46 Å². The summed E-state index contributed by atoms with van der Waals surface area (Å²) in [6, 6.07) is 8.34. The van der Waals surface area contributed by atoms with Crippen LogP contribution in [0.5, 0.6) is 6.01 Å². The van der Waals surface area contributed by atoms with Gasteiger partial charge in [-0.2, -0.15) is 4.98 Å². The lowest BCUT2D eigenvalue weighted by Crippen LogP contribution is -2.16. The van der Waals surface area contributed by atoms with E-state index in [2.05, 4.69) is 15.0 Å². The SMILES string of the molecule is COc1ncc2[nH]cc(C(=O)c3cccc(NS(=O)(=O)c4ccccc4F)c3F)c2n1. The highest BCUT2D eigenvalue weighted by molar-refractivity contribution is 7.92. The number of aromatic nitrogens is 3. The number of nitrogens with zero attached hydrogens (tertiary/aromatic N) is 2. The second-order valence-electron chi connectivity index (χ2n) is 6.35. The fourth-order valence-electron chi connectivity index (χ4n) is 2.96. The molecule has 0 fully saturated rings. The summed E-state index contributed by atoms with van der Waals surface area (Å²) in [5.41, 5.74) is -0.202. The zero-order chi connectivity index (χ0) is 22.2. The van der Waals surface area contributed by atoms with E-state index in [4.69, 9.17) is 4.74 Å². The van der Waals surface area contributed by atoms with Gasteiger partial charge in [-0.25, -0.2) is 22.2 Å². The zero-order valence-electron chi connectivity index (χ0n) is 15.9. The van der Waals surface area contributed by atoms with Crippen molar-refractivity contribution in [3.05, 3.63) is 77.6 Å². The molecule has 31 heavy (non-hydrogen) atoms. The third kappa shape index (κ3) is 3.70. The van der Waals surface area contributed by atoms with Gasteiger partial charge in [0.15, 0.2) is 11.6 Å². The summed E-state index contributed by atoms with van der Waals surface area (Å²) < 4.78 is 60.9. The Morgan fingerprint density at radius 3 is 2.61 bits per heavy atom. The number of ketones is 1. The summed E-state index contributed by atoms with van der Waals surface area (Å²) >= 11 is 0. The normalized spacial score (nSPS) is 11.5. The fraction of sp³-hybridized carbons (Fsp3) is 0.0500. The first-order chi connectivity index (χ1) is 14.8. The summed E-state index contributed by atoms with van der Waals surface area (Å²) in [4.78, 5) is 23.2. The number of benzene rings is 2. The Labute approximate surface area is 175 Å². The number of rotatable bonds is 6. The van der Waals surface area contributed by atoms with Crippen molar-refractivity contribution in [2.45, 2.75) is 4.90 Å². The van der Waals surface area contributed by atoms with Crippen molar-refractivity contribution >= 4 is 32.5 Å². The summed E-state index contributed by atoms with van der Waals surface area (Å²) in [5.74, 6) is -2.84. The maximum Gasteiger partial charge on any atom is 0.316 e. The Morgan fingerprint density at radius 2 is 1.87 bits per heavy atom. The lowest BCUT2D eigenvalue weighted by molar-refractivity contribution is 0.103. The van der Waals surface area contributed by atoms with Gasteiger partial charge in [-0.05, 0) is 24.3 Å². The van der Waals surface area contributed by atoms with Crippen LogP contribution >= 0.6 is 0 Å². The number of halogens is 2. The highest BCUT2D eigenvalue weighted by Gasteiger charge is 2.24. The molecule has 2 heterocycles. The predicted octanol–water partition coefficient (Wildman–Crippen LogP) is 3.28. The molecule has 158 valence electrons. The third-order valence-electron chi connectivity index (χ3n) is 4.43.